The van der Waals surface area contributed by atoms with Gasteiger partial charge in [0.2, 0.25) is 0 Å². The molecule has 1 aliphatic heterocycles. The van der Waals surface area contributed by atoms with E-state index in [2.05, 4.69) is 60.4 Å². The zero-order chi connectivity index (χ0) is 13.7. The van der Waals surface area contributed by atoms with Crippen LogP contribution in [0.25, 0.3) is 0 Å². The molecule has 0 aromatic heterocycles. The molecule has 0 radical (unpaired) electrons. The molecule has 1 aliphatic carbocycles. The minimum atomic E-state index is -0.580. The number of para-hydroxylation sites is 1. The minimum absolute atomic E-state index is 0.365. The molecular weight excluding hydrogens is 246 g/mol. The highest BCUT2D eigenvalue weighted by Gasteiger charge is 2.65. The average molecular weight is 265 g/mol. The molecule has 0 amide bonds. The second kappa shape index (κ2) is 4.10. The molecule has 1 heterocycles. The van der Waals surface area contributed by atoms with Gasteiger partial charge in [0.15, 0.2) is 0 Å². The van der Waals surface area contributed by atoms with Crippen molar-refractivity contribution >= 4 is 5.69 Å². The average Bonchev–Trinajstić information content (AvgIpc) is 3.03. The van der Waals surface area contributed by atoms with Gasteiger partial charge in [-0.1, -0.05) is 55.5 Å². The van der Waals surface area contributed by atoms with E-state index in [4.69, 9.17) is 0 Å². The van der Waals surface area contributed by atoms with Gasteiger partial charge in [0.1, 0.15) is 0 Å². The summed E-state index contributed by atoms with van der Waals surface area (Å²) in [4.78, 5) is 2.41. The highest BCUT2D eigenvalue weighted by atomic mass is 16.3. The second-order valence-electron chi connectivity index (χ2n) is 6.10. The van der Waals surface area contributed by atoms with Crippen molar-refractivity contribution in [3.63, 3.8) is 0 Å². The molecule has 2 aromatic carbocycles. The summed E-state index contributed by atoms with van der Waals surface area (Å²) in [7, 11) is 0. The second-order valence-corrected chi connectivity index (χ2v) is 6.10. The van der Waals surface area contributed by atoms with Crippen molar-refractivity contribution < 1.29 is 5.11 Å². The summed E-state index contributed by atoms with van der Waals surface area (Å²) in [6, 6.07) is 18.9. The van der Waals surface area contributed by atoms with Gasteiger partial charge in [-0.05, 0) is 17.5 Å². The highest BCUT2D eigenvalue weighted by Crippen LogP contribution is 2.62. The van der Waals surface area contributed by atoms with E-state index in [0.29, 0.717) is 11.8 Å². The van der Waals surface area contributed by atoms with Crippen molar-refractivity contribution in [3.05, 3.63) is 65.7 Å². The topological polar surface area (TPSA) is 23.5 Å². The van der Waals surface area contributed by atoms with Crippen molar-refractivity contribution in [2.24, 2.45) is 11.8 Å². The molecule has 20 heavy (non-hydrogen) atoms. The van der Waals surface area contributed by atoms with Crippen LogP contribution < -0.4 is 4.90 Å². The lowest BCUT2D eigenvalue weighted by Crippen LogP contribution is -2.33. The quantitative estimate of drug-likeness (QED) is 0.901. The van der Waals surface area contributed by atoms with Gasteiger partial charge in [0.25, 0.3) is 0 Å². The Kier molecular flexibility index (Phi) is 2.45. The van der Waals surface area contributed by atoms with Crippen LogP contribution in [0.15, 0.2) is 54.6 Å². The number of nitrogens with zero attached hydrogens (tertiary/aromatic N) is 1. The van der Waals surface area contributed by atoms with E-state index in [9.17, 15) is 5.11 Å². The number of hydrogen-bond donors (Lipinski definition) is 1. The third-order valence-electron chi connectivity index (χ3n) is 5.06. The van der Waals surface area contributed by atoms with Crippen molar-refractivity contribution in [1.82, 2.24) is 0 Å². The van der Waals surface area contributed by atoms with E-state index in [1.165, 1.54) is 11.3 Å². The zero-order valence-corrected chi connectivity index (χ0v) is 11.7. The fourth-order valence-corrected chi connectivity index (χ4v) is 3.75. The number of rotatable bonds is 2. The summed E-state index contributed by atoms with van der Waals surface area (Å²) in [6.45, 7) is 4.02. The first-order valence-electron chi connectivity index (χ1n) is 7.32. The van der Waals surface area contributed by atoms with E-state index >= 15 is 0 Å². The number of benzene rings is 2. The van der Waals surface area contributed by atoms with E-state index in [1.807, 2.05) is 6.07 Å². The molecule has 2 aliphatic rings. The van der Waals surface area contributed by atoms with Crippen LogP contribution in [0.4, 0.5) is 5.69 Å². The standard InChI is InChI=1S/C18H19NO/c1-13-16-12-19(11-14-7-3-2-4-8-14)17-10-6-5-9-15(17)18(13,16)20/h2-10,13,16,20H,11-12H2,1H3. The van der Waals surface area contributed by atoms with Gasteiger partial charge in [-0.2, -0.15) is 0 Å². The first kappa shape index (κ1) is 12.0. The largest absolute Gasteiger partial charge is 0.384 e. The summed E-state index contributed by atoms with van der Waals surface area (Å²) in [5, 5.41) is 10.8. The van der Waals surface area contributed by atoms with Gasteiger partial charge >= 0.3 is 0 Å². The smallest absolute Gasteiger partial charge is 0.0994 e. The van der Waals surface area contributed by atoms with Crippen molar-refractivity contribution in [1.29, 1.82) is 0 Å². The third-order valence-corrected chi connectivity index (χ3v) is 5.06. The monoisotopic (exact) mass is 265 g/mol. The van der Waals surface area contributed by atoms with Crippen LogP contribution in [0.2, 0.25) is 0 Å². The molecule has 2 nitrogen and oxygen atoms in total. The Balaban J connectivity index is 1.72. The maximum atomic E-state index is 10.8. The number of fused-ring (bicyclic) bond motifs is 3. The zero-order valence-electron chi connectivity index (χ0n) is 11.7. The molecule has 0 saturated heterocycles. The molecular formula is C18H19NO. The third kappa shape index (κ3) is 1.55. The Morgan fingerprint density at radius 1 is 1.10 bits per heavy atom. The summed E-state index contributed by atoms with van der Waals surface area (Å²) >= 11 is 0. The summed E-state index contributed by atoms with van der Waals surface area (Å²) in [6.07, 6.45) is 0. The Morgan fingerprint density at radius 2 is 1.80 bits per heavy atom. The summed E-state index contributed by atoms with van der Waals surface area (Å²) in [5.74, 6) is 0.741. The van der Waals surface area contributed by atoms with Gasteiger partial charge in [-0.25, -0.2) is 0 Å². The molecule has 1 fully saturated rings. The first-order valence-corrected chi connectivity index (χ1v) is 7.32. The lowest BCUT2D eigenvalue weighted by molar-refractivity contribution is 0.117. The van der Waals surface area contributed by atoms with Crippen LogP contribution in [-0.2, 0) is 12.1 Å². The summed E-state index contributed by atoms with van der Waals surface area (Å²) < 4.78 is 0. The number of aliphatic hydroxyl groups is 1. The first-order chi connectivity index (χ1) is 9.71. The van der Waals surface area contributed by atoms with Gasteiger partial charge in [0, 0.05) is 30.3 Å². The fourth-order valence-electron chi connectivity index (χ4n) is 3.75. The van der Waals surface area contributed by atoms with Crippen LogP contribution in [0, 0.1) is 11.8 Å². The van der Waals surface area contributed by atoms with E-state index in [1.54, 1.807) is 0 Å². The maximum absolute atomic E-state index is 10.8. The number of hydrogen-bond acceptors (Lipinski definition) is 2. The van der Waals surface area contributed by atoms with Crippen LogP contribution >= 0.6 is 0 Å². The summed E-state index contributed by atoms with van der Waals surface area (Å²) in [5.41, 5.74) is 3.05. The minimum Gasteiger partial charge on any atom is -0.384 e. The SMILES string of the molecule is CC1C2CN(Cc3ccccc3)c3ccccc3C12O. The van der Waals surface area contributed by atoms with E-state index in [-0.39, 0.29) is 0 Å². The van der Waals surface area contributed by atoms with Crippen LogP contribution in [-0.4, -0.2) is 11.7 Å². The van der Waals surface area contributed by atoms with Crippen LogP contribution in [0.3, 0.4) is 0 Å². The number of anilines is 1. The lowest BCUT2D eigenvalue weighted by atomic mass is 9.97. The predicted octanol–water partition coefficient (Wildman–Crippen LogP) is 3.16. The molecule has 4 rings (SSSR count). The van der Waals surface area contributed by atoms with Crippen molar-refractivity contribution in [3.8, 4) is 0 Å². The Morgan fingerprint density at radius 3 is 2.60 bits per heavy atom. The van der Waals surface area contributed by atoms with Gasteiger partial charge < -0.3 is 10.0 Å². The lowest BCUT2D eigenvalue weighted by Gasteiger charge is -2.33. The van der Waals surface area contributed by atoms with Gasteiger partial charge in [-0.3, -0.25) is 0 Å². The highest BCUT2D eigenvalue weighted by molar-refractivity contribution is 5.62. The van der Waals surface area contributed by atoms with Crippen LogP contribution in [0.1, 0.15) is 18.1 Å². The molecule has 2 aromatic rings. The van der Waals surface area contributed by atoms with Gasteiger partial charge in [0.05, 0.1) is 5.60 Å². The molecule has 3 atom stereocenters. The van der Waals surface area contributed by atoms with E-state index in [0.717, 1.165) is 18.7 Å². The maximum Gasteiger partial charge on any atom is 0.0994 e. The Hall–Kier alpha value is -1.80. The van der Waals surface area contributed by atoms with Crippen LogP contribution in [0.5, 0.6) is 0 Å². The molecule has 0 bridgehead atoms. The van der Waals surface area contributed by atoms with Crippen molar-refractivity contribution in [2.45, 2.75) is 19.1 Å². The fraction of sp³-hybridized carbons (Fsp3) is 0.333. The molecule has 0 spiro atoms. The normalized spacial score (nSPS) is 30.6. The predicted molar refractivity (Wildman–Crippen MR) is 80.5 cm³/mol. The Labute approximate surface area is 119 Å². The molecule has 2 heteroatoms. The Bertz CT molecular complexity index is 639. The molecule has 102 valence electrons. The van der Waals surface area contributed by atoms with Crippen molar-refractivity contribution in [2.75, 3.05) is 11.4 Å². The molecule has 1 saturated carbocycles. The van der Waals surface area contributed by atoms with E-state index < -0.39 is 5.60 Å². The molecule has 3 unspecified atom stereocenters. The molecule has 1 N–H and O–H groups in total. The van der Waals surface area contributed by atoms with Gasteiger partial charge in [-0.15, -0.1) is 0 Å².